The molecule has 376 valence electrons. The number of hydrogen-bond donors (Lipinski definition) is 10. The van der Waals surface area contributed by atoms with Gasteiger partial charge in [0.1, 0.15) is 29.6 Å². The number of carbonyl (C=O) groups is 2. The lowest BCUT2D eigenvalue weighted by molar-refractivity contribution is -0.121. The number of rotatable bonds is 24. The largest absolute Gasteiger partial charge is 0.507 e. The van der Waals surface area contributed by atoms with Crippen molar-refractivity contribution in [1.82, 2.24) is 20.4 Å². The number of nitrogens with zero attached hydrogens (tertiary/aromatic N) is 6. The Bertz CT molecular complexity index is 2590. The Morgan fingerprint density at radius 1 is 0.535 bits per heavy atom. The average molecular weight is 975 g/mol. The van der Waals surface area contributed by atoms with Gasteiger partial charge in [0.25, 0.3) is 0 Å². The highest BCUT2D eigenvalue weighted by atomic mass is 16.5. The van der Waals surface area contributed by atoms with E-state index in [1.54, 1.807) is 76.2 Å². The van der Waals surface area contributed by atoms with Crippen molar-refractivity contribution < 1.29 is 55.6 Å². The Balaban J connectivity index is 1.52. The van der Waals surface area contributed by atoms with Crippen LogP contribution in [0.1, 0.15) is 97.0 Å². The minimum absolute atomic E-state index is 0.0563. The quantitative estimate of drug-likeness (QED) is 0.0124. The summed E-state index contributed by atoms with van der Waals surface area (Å²) in [6, 6.07) is 28.6. The van der Waals surface area contributed by atoms with Crippen molar-refractivity contribution >= 4 is 34.8 Å². The van der Waals surface area contributed by atoms with Crippen LogP contribution in [0.4, 0.5) is 4.79 Å². The predicted molar refractivity (Wildman–Crippen MR) is 267 cm³/mol. The number of amides is 2. The van der Waals surface area contributed by atoms with Crippen LogP contribution in [0.25, 0.3) is 0 Å². The number of hydrogen-bond acceptors (Lipinski definition) is 17. The lowest BCUT2D eigenvalue weighted by Crippen LogP contribution is -2.44. The van der Waals surface area contributed by atoms with E-state index in [0.29, 0.717) is 39.8 Å². The summed E-state index contributed by atoms with van der Waals surface area (Å²) in [7, 11) is 0. The van der Waals surface area contributed by atoms with Crippen molar-refractivity contribution in [3.8, 4) is 23.0 Å². The molecule has 0 aliphatic rings. The number of nitrogens with one attached hydrogen (secondary N) is 2. The molecule has 71 heavy (non-hydrogen) atoms. The van der Waals surface area contributed by atoms with Crippen LogP contribution < -0.4 is 10.6 Å². The van der Waals surface area contributed by atoms with E-state index in [1.807, 2.05) is 30.3 Å². The highest BCUT2D eigenvalue weighted by molar-refractivity contribution is 6.02. The first-order valence-corrected chi connectivity index (χ1v) is 22.8. The van der Waals surface area contributed by atoms with E-state index in [1.165, 1.54) is 24.3 Å². The number of phenolic OH excluding ortho intramolecular Hbond substituents is 4. The maximum absolute atomic E-state index is 13.7. The van der Waals surface area contributed by atoms with Gasteiger partial charge in [0.05, 0.1) is 22.8 Å². The van der Waals surface area contributed by atoms with Crippen LogP contribution in [0.3, 0.4) is 0 Å². The van der Waals surface area contributed by atoms with Gasteiger partial charge in [-0.1, -0.05) is 75.2 Å². The summed E-state index contributed by atoms with van der Waals surface area (Å²) >= 11 is 0. The van der Waals surface area contributed by atoms with Crippen molar-refractivity contribution in [3.05, 3.63) is 153 Å². The van der Waals surface area contributed by atoms with Crippen LogP contribution >= 0.6 is 0 Å². The van der Waals surface area contributed by atoms with Gasteiger partial charge >= 0.3 is 6.09 Å². The molecule has 0 radical (unpaired) electrons. The zero-order chi connectivity index (χ0) is 51.5. The van der Waals surface area contributed by atoms with Gasteiger partial charge in [-0.3, -0.25) is 14.6 Å². The summed E-state index contributed by atoms with van der Waals surface area (Å²) in [4.78, 5) is 30.3. The lowest BCUT2D eigenvalue weighted by Gasteiger charge is -2.36. The van der Waals surface area contributed by atoms with Crippen molar-refractivity contribution in [3.63, 3.8) is 0 Å². The molecule has 19 nitrogen and oxygen atoms in total. The van der Waals surface area contributed by atoms with E-state index in [0.717, 1.165) is 16.7 Å². The van der Waals surface area contributed by atoms with Gasteiger partial charge in [-0.25, -0.2) is 4.79 Å². The van der Waals surface area contributed by atoms with Crippen LogP contribution in [0.5, 0.6) is 23.0 Å². The Morgan fingerprint density at radius 3 is 1.34 bits per heavy atom. The minimum Gasteiger partial charge on any atom is -0.507 e. The molecule has 0 heterocycles. The molecule has 0 saturated carbocycles. The third kappa shape index (κ3) is 15.9. The first-order chi connectivity index (χ1) is 34.1. The Kier molecular flexibility index (Phi) is 20.1. The van der Waals surface area contributed by atoms with E-state index in [-0.39, 0.29) is 117 Å². The molecule has 0 aliphatic heterocycles. The van der Waals surface area contributed by atoms with Gasteiger partial charge < -0.3 is 56.6 Å². The molecule has 0 saturated heterocycles. The van der Waals surface area contributed by atoms with Gasteiger partial charge in [0, 0.05) is 80.5 Å². The van der Waals surface area contributed by atoms with Gasteiger partial charge in [0.15, 0.2) is 0 Å². The van der Waals surface area contributed by atoms with Crippen LogP contribution in [-0.2, 0) is 42.3 Å². The number of ether oxygens (including phenoxy) is 1. The average Bonchev–Trinajstić information content (AvgIpc) is 3.37. The summed E-state index contributed by atoms with van der Waals surface area (Å²) in [6.07, 6.45) is 0.192. The molecule has 0 bridgehead atoms. The number of oxime groups is 4. The third-order valence-electron chi connectivity index (χ3n) is 11.8. The molecule has 1 unspecified atom stereocenters. The van der Waals surface area contributed by atoms with Crippen molar-refractivity contribution in [2.45, 2.75) is 85.8 Å². The lowest BCUT2D eigenvalue weighted by atomic mass is 10.0. The molecule has 19 heteroatoms. The second-order valence-electron chi connectivity index (χ2n) is 17.1. The fourth-order valence-corrected chi connectivity index (χ4v) is 7.94. The van der Waals surface area contributed by atoms with Gasteiger partial charge in [-0.05, 0) is 117 Å². The normalized spacial score (nSPS) is 12.8. The fourth-order valence-electron chi connectivity index (χ4n) is 7.94. The Labute approximate surface area is 411 Å². The molecule has 2 amide bonds. The number of carbonyl (C=O) groups excluding carboxylic acids is 2. The summed E-state index contributed by atoms with van der Waals surface area (Å²) in [5.41, 5.74) is 5.73. The van der Waals surface area contributed by atoms with Crippen molar-refractivity contribution in [2.75, 3.05) is 19.6 Å². The van der Waals surface area contributed by atoms with Crippen LogP contribution in [0, 0.1) is 0 Å². The first kappa shape index (κ1) is 53.8. The van der Waals surface area contributed by atoms with E-state index in [4.69, 9.17) is 4.74 Å². The zero-order valence-electron chi connectivity index (χ0n) is 40.2. The smallest absolute Gasteiger partial charge is 0.407 e. The molecule has 0 fully saturated rings. The summed E-state index contributed by atoms with van der Waals surface area (Å²) < 4.78 is 5.29. The monoisotopic (exact) mass is 974 g/mol. The van der Waals surface area contributed by atoms with Crippen LogP contribution in [-0.4, -0.2) is 112 Å². The van der Waals surface area contributed by atoms with Crippen molar-refractivity contribution in [1.29, 1.82) is 0 Å². The molecule has 5 aromatic rings. The van der Waals surface area contributed by atoms with Crippen molar-refractivity contribution in [2.24, 2.45) is 20.6 Å². The molecular formula is C52H62N8O11. The Morgan fingerprint density at radius 2 is 0.930 bits per heavy atom. The second-order valence-corrected chi connectivity index (χ2v) is 17.1. The van der Waals surface area contributed by atoms with Crippen LogP contribution in [0.15, 0.2) is 124 Å². The zero-order valence-corrected chi connectivity index (χ0v) is 40.2. The molecular weight excluding hydrogens is 913 g/mol. The Hall–Kier alpha value is -8.16. The number of alkyl carbamates (subject to hydrolysis) is 1. The highest BCUT2D eigenvalue weighted by Crippen LogP contribution is 2.28. The molecule has 0 aromatic heterocycles. The molecule has 1 atom stereocenters. The number of benzene rings is 5. The maximum Gasteiger partial charge on any atom is 0.407 e. The molecule has 10 N–H and O–H groups in total. The first-order valence-electron chi connectivity index (χ1n) is 22.8. The van der Waals surface area contributed by atoms with Gasteiger partial charge in [0.2, 0.25) is 5.91 Å². The highest BCUT2D eigenvalue weighted by Gasteiger charge is 2.26. The SMILES string of the molecule is C/C(=N\O)c1cc(CN(Cc2ccc(O)c(/C(C)=N/O)c2)CC(CCC(=O)NCCCNC(=O)OCc2ccccc2)N(Cc2ccc(O)c(/C(C)=N/O)c2)Cc2ccc(O)c(/C(C)=N/O)c2)ccc1O. The van der Waals surface area contributed by atoms with E-state index in [9.17, 15) is 50.8 Å². The molecule has 5 aromatic carbocycles. The second kappa shape index (κ2) is 26.6. The van der Waals surface area contributed by atoms with Gasteiger partial charge in [-0.15, -0.1) is 0 Å². The third-order valence-corrected chi connectivity index (χ3v) is 11.8. The minimum atomic E-state index is -0.577. The molecule has 0 spiro atoms. The predicted octanol–water partition coefficient (Wildman–Crippen LogP) is 7.59. The maximum atomic E-state index is 13.7. The number of aromatic hydroxyl groups is 4. The molecule has 0 aliphatic carbocycles. The van der Waals surface area contributed by atoms with E-state index >= 15 is 0 Å². The molecule has 5 rings (SSSR count). The summed E-state index contributed by atoms with van der Waals surface area (Å²) in [5.74, 6) is -0.617. The summed E-state index contributed by atoms with van der Waals surface area (Å²) in [6.45, 7) is 8.12. The topological polar surface area (TPSA) is 285 Å². The van der Waals surface area contributed by atoms with Gasteiger partial charge in [-0.2, -0.15) is 0 Å². The van der Waals surface area contributed by atoms with E-state index < -0.39 is 12.1 Å². The fraction of sp³-hybridized carbons (Fsp3) is 0.308. The standard InChI is InChI=1S/C52H62N8O11/c1-33(55-67)43-23-38(11-16-47(43)61)27-59(28-39-12-17-48(62)44(24-39)34(2)56-68)31-42(15-20-51(65)53-21-8-22-54-52(66)71-32-37-9-6-5-7-10-37)60(29-40-13-18-49(63)45(25-40)35(3)57-69)30-41-14-19-50(64)46(26-41)36(4)58-70/h5-7,9-14,16-19,23-26,42,61-64,67-70H,8,15,20-22,27-32H2,1-4H3,(H,53,65)(H,54,66)/b55-33+,56-34+,57-35+,58-36+. The van der Waals surface area contributed by atoms with E-state index in [2.05, 4.69) is 41.1 Å². The number of phenols is 4. The summed E-state index contributed by atoms with van der Waals surface area (Å²) in [5, 5.41) is 100. The van der Waals surface area contributed by atoms with Crippen LogP contribution in [0.2, 0.25) is 0 Å².